The fourth-order valence-electron chi connectivity index (χ4n) is 3.81. The van der Waals surface area contributed by atoms with E-state index in [1.807, 2.05) is 7.05 Å². The normalized spacial score (nSPS) is 28.8. The summed E-state index contributed by atoms with van der Waals surface area (Å²) >= 11 is 0. The summed E-state index contributed by atoms with van der Waals surface area (Å²) in [6, 6.07) is 0. The fraction of sp³-hybridized carbons (Fsp3) is 0.944. The molecule has 0 aromatic rings. The summed E-state index contributed by atoms with van der Waals surface area (Å²) in [6.07, 6.45) is 1.76. The summed E-state index contributed by atoms with van der Waals surface area (Å²) in [6.45, 7) is 14.7. The Hall–Kier alpha value is -0.120. The number of hydrogen-bond donors (Lipinski definition) is 1. The number of methoxy groups -OCH3 is 1. The zero-order chi connectivity index (χ0) is 17.7. The van der Waals surface area contributed by atoms with E-state index < -0.39 is 0 Å². The Morgan fingerprint density at radius 2 is 1.88 bits per heavy atom. The molecule has 0 saturated carbocycles. The van der Waals surface area contributed by atoms with Gasteiger partial charge in [0.05, 0.1) is 18.8 Å². The van der Waals surface area contributed by atoms with Crippen molar-refractivity contribution in [3.05, 3.63) is 0 Å². The van der Waals surface area contributed by atoms with Crippen LogP contribution in [0.15, 0.2) is 4.99 Å². The number of nitrogens with one attached hydrogen (secondary N) is 1. The van der Waals surface area contributed by atoms with Crippen LogP contribution in [0.3, 0.4) is 0 Å². The van der Waals surface area contributed by atoms with Crippen LogP contribution in [0.4, 0.5) is 0 Å². The largest absolute Gasteiger partial charge is 0.384 e. The van der Waals surface area contributed by atoms with Crippen LogP contribution in [0, 0.1) is 5.92 Å². The van der Waals surface area contributed by atoms with Gasteiger partial charge in [-0.3, -0.25) is 9.89 Å². The molecule has 3 unspecified atom stereocenters. The van der Waals surface area contributed by atoms with E-state index in [1.54, 1.807) is 7.11 Å². The Kier molecular flexibility index (Phi) is 9.42. The molecule has 0 spiro atoms. The van der Waals surface area contributed by atoms with Crippen LogP contribution in [0.5, 0.6) is 0 Å². The molecule has 1 N–H and O–H groups in total. The Morgan fingerprint density at radius 3 is 2.44 bits per heavy atom. The van der Waals surface area contributed by atoms with Crippen LogP contribution in [0.25, 0.3) is 0 Å². The number of likely N-dealkylation sites (tertiary alicyclic amines) is 1. The molecule has 0 aromatic carbocycles. The van der Waals surface area contributed by atoms with Gasteiger partial charge in [0.1, 0.15) is 0 Å². The van der Waals surface area contributed by atoms with Gasteiger partial charge in [-0.2, -0.15) is 0 Å². The minimum absolute atomic E-state index is 0. The molecule has 2 saturated heterocycles. The quantitative estimate of drug-likeness (QED) is 0.380. The van der Waals surface area contributed by atoms with E-state index in [4.69, 9.17) is 9.47 Å². The molecule has 3 atom stereocenters. The molecule has 0 bridgehead atoms. The van der Waals surface area contributed by atoms with Gasteiger partial charge < -0.3 is 19.7 Å². The fourth-order valence-corrected chi connectivity index (χ4v) is 3.81. The summed E-state index contributed by atoms with van der Waals surface area (Å²) in [5, 5.41) is 3.59. The number of ether oxygens (including phenoxy) is 2. The molecule has 2 heterocycles. The molecule has 0 aliphatic carbocycles. The number of guanidine groups is 1. The third-order valence-electron chi connectivity index (χ3n) is 5.15. The van der Waals surface area contributed by atoms with E-state index in [1.165, 1.54) is 6.42 Å². The molecule has 2 aliphatic heterocycles. The lowest BCUT2D eigenvalue weighted by Crippen LogP contribution is -2.59. The summed E-state index contributed by atoms with van der Waals surface area (Å²) in [7, 11) is 3.65. The third kappa shape index (κ3) is 6.52. The first-order chi connectivity index (χ1) is 11.4. The van der Waals surface area contributed by atoms with Gasteiger partial charge in [-0.15, -0.1) is 24.0 Å². The Morgan fingerprint density at radius 1 is 1.24 bits per heavy atom. The van der Waals surface area contributed by atoms with Gasteiger partial charge in [0.25, 0.3) is 0 Å². The van der Waals surface area contributed by atoms with E-state index in [0.29, 0.717) is 18.1 Å². The Balaban J connectivity index is 0.00000312. The molecule has 6 nitrogen and oxygen atoms in total. The molecule has 25 heavy (non-hydrogen) atoms. The lowest BCUT2D eigenvalue weighted by atomic mass is 10.00. The number of halogens is 1. The van der Waals surface area contributed by atoms with Crippen LogP contribution in [-0.2, 0) is 9.47 Å². The van der Waals surface area contributed by atoms with Crippen LogP contribution in [0.1, 0.15) is 34.1 Å². The first kappa shape index (κ1) is 22.9. The predicted molar refractivity (Wildman–Crippen MR) is 114 cm³/mol. The molecular weight excluding hydrogens is 431 g/mol. The van der Waals surface area contributed by atoms with Crippen molar-refractivity contribution >= 4 is 29.9 Å². The summed E-state index contributed by atoms with van der Waals surface area (Å²) < 4.78 is 11.2. The zero-order valence-corrected chi connectivity index (χ0v) is 19.1. The average Bonchev–Trinajstić information content (AvgIpc) is 2.96. The van der Waals surface area contributed by atoms with Crippen molar-refractivity contribution < 1.29 is 9.47 Å². The smallest absolute Gasteiger partial charge is 0.193 e. The van der Waals surface area contributed by atoms with Crippen LogP contribution < -0.4 is 5.32 Å². The highest BCUT2D eigenvalue weighted by molar-refractivity contribution is 14.0. The first-order valence-electron chi connectivity index (χ1n) is 9.20. The molecule has 0 radical (unpaired) electrons. The van der Waals surface area contributed by atoms with Crippen LogP contribution in [0.2, 0.25) is 0 Å². The second-order valence-electron chi connectivity index (χ2n) is 7.93. The second kappa shape index (κ2) is 10.3. The minimum atomic E-state index is 0. The van der Waals surface area contributed by atoms with Gasteiger partial charge >= 0.3 is 0 Å². The van der Waals surface area contributed by atoms with Crippen LogP contribution >= 0.6 is 24.0 Å². The maximum absolute atomic E-state index is 5.87. The van der Waals surface area contributed by atoms with Crippen molar-refractivity contribution in [2.75, 3.05) is 53.5 Å². The monoisotopic (exact) mass is 468 g/mol. The molecule has 148 valence electrons. The first-order valence-corrected chi connectivity index (χ1v) is 9.20. The molecule has 2 rings (SSSR count). The van der Waals surface area contributed by atoms with E-state index in [2.05, 4.69) is 47.8 Å². The third-order valence-corrected chi connectivity index (χ3v) is 5.15. The van der Waals surface area contributed by atoms with Crippen molar-refractivity contribution in [1.82, 2.24) is 15.1 Å². The topological polar surface area (TPSA) is 49.3 Å². The molecule has 2 aliphatic rings. The SMILES string of the molecule is CN=C(NCC(C)(C)N1CC(C)OC(C)C1)N1CCC(COC)C1.I. The number of nitrogens with zero attached hydrogens (tertiary/aromatic N) is 3. The van der Waals surface area contributed by atoms with Crippen molar-refractivity contribution in [3.63, 3.8) is 0 Å². The number of morpholine rings is 1. The van der Waals surface area contributed by atoms with Crippen molar-refractivity contribution in [3.8, 4) is 0 Å². The maximum Gasteiger partial charge on any atom is 0.193 e. The molecule has 0 amide bonds. The number of aliphatic imine (C=N–C) groups is 1. The average molecular weight is 468 g/mol. The van der Waals surface area contributed by atoms with Gasteiger partial charge in [0.15, 0.2) is 5.96 Å². The molecular formula is C18H37IN4O2. The van der Waals surface area contributed by atoms with Crippen molar-refractivity contribution in [2.24, 2.45) is 10.9 Å². The molecule has 0 aromatic heterocycles. The maximum atomic E-state index is 5.87. The van der Waals surface area contributed by atoms with E-state index in [0.717, 1.165) is 45.3 Å². The second-order valence-corrected chi connectivity index (χ2v) is 7.93. The summed E-state index contributed by atoms with van der Waals surface area (Å²) in [4.78, 5) is 9.37. The standard InChI is InChI=1S/C18H36N4O2.HI/c1-14-9-22(10-15(2)24-14)18(3,4)13-20-17(19-5)21-8-7-16(11-21)12-23-6;/h14-16H,7-13H2,1-6H3,(H,19,20);1H. The number of hydrogen-bond acceptors (Lipinski definition) is 4. The molecule has 7 heteroatoms. The van der Waals surface area contributed by atoms with Gasteiger partial charge in [0.2, 0.25) is 0 Å². The van der Waals surface area contributed by atoms with E-state index in [9.17, 15) is 0 Å². The van der Waals surface area contributed by atoms with Gasteiger partial charge in [0, 0.05) is 58.3 Å². The highest BCUT2D eigenvalue weighted by atomic mass is 127. The minimum Gasteiger partial charge on any atom is -0.384 e. The zero-order valence-electron chi connectivity index (χ0n) is 16.7. The lowest BCUT2D eigenvalue weighted by Gasteiger charge is -2.45. The summed E-state index contributed by atoms with van der Waals surface area (Å²) in [5.74, 6) is 1.62. The van der Waals surface area contributed by atoms with Crippen molar-refractivity contribution in [2.45, 2.75) is 51.9 Å². The van der Waals surface area contributed by atoms with Crippen molar-refractivity contribution in [1.29, 1.82) is 0 Å². The number of rotatable bonds is 5. The van der Waals surface area contributed by atoms with Gasteiger partial charge in [-0.05, 0) is 34.1 Å². The van der Waals surface area contributed by atoms with Gasteiger partial charge in [-0.1, -0.05) is 0 Å². The highest BCUT2D eigenvalue weighted by Gasteiger charge is 2.34. The van der Waals surface area contributed by atoms with E-state index >= 15 is 0 Å². The highest BCUT2D eigenvalue weighted by Crippen LogP contribution is 2.21. The molecule has 2 fully saturated rings. The predicted octanol–water partition coefficient (Wildman–Crippen LogP) is 2.04. The Bertz CT molecular complexity index is 423. The Labute approximate surface area is 170 Å². The van der Waals surface area contributed by atoms with Crippen LogP contribution in [-0.4, -0.2) is 87.0 Å². The van der Waals surface area contributed by atoms with E-state index in [-0.39, 0.29) is 29.5 Å². The summed E-state index contributed by atoms with van der Waals surface area (Å²) in [5.41, 5.74) is 0.0634. The lowest BCUT2D eigenvalue weighted by molar-refractivity contribution is -0.0947. The van der Waals surface area contributed by atoms with Gasteiger partial charge in [-0.25, -0.2) is 0 Å².